The Kier molecular flexibility index (Phi) is 3.17. The maximum atomic E-state index is 12.1. The molecule has 6 heteroatoms. The van der Waals surface area contributed by atoms with Crippen LogP contribution >= 0.6 is 0 Å². The summed E-state index contributed by atoms with van der Waals surface area (Å²) in [5.74, 6) is 0. The van der Waals surface area contributed by atoms with Gasteiger partial charge < -0.3 is 10.2 Å². The van der Waals surface area contributed by atoms with Crippen LogP contribution in [0, 0.1) is 0 Å². The van der Waals surface area contributed by atoms with Gasteiger partial charge >= 0.3 is 6.03 Å². The van der Waals surface area contributed by atoms with E-state index >= 15 is 0 Å². The molecule has 0 aromatic carbocycles. The molecule has 3 rings (SSSR count). The molecular formula is C12H19N5O. The van der Waals surface area contributed by atoms with Crippen LogP contribution in [-0.2, 0) is 0 Å². The number of carbonyl (C=O) groups excluding carboxylic acids is 1. The van der Waals surface area contributed by atoms with Crippen LogP contribution in [0.25, 0.3) is 0 Å². The molecule has 0 bridgehead atoms. The lowest BCUT2D eigenvalue weighted by atomic mass is 10.2. The minimum atomic E-state index is 0.0875. The summed E-state index contributed by atoms with van der Waals surface area (Å²) in [4.78, 5) is 14.0. The van der Waals surface area contributed by atoms with E-state index in [0.717, 1.165) is 32.4 Å². The van der Waals surface area contributed by atoms with Crippen LogP contribution in [-0.4, -0.2) is 45.1 Å². The highest BCUT2D eigenvalue weighted by Gasteiger charge is 2.29. The van der Waals surface area contributed by atoms with Crippen LogP contribution in [0.3, 0.4) is 0 Å². The molecule has 2 amide bonds. The number of hydrogen-bond donors (Lipinski definition) is 1. The molecule has 1 N–H and O–H groups in total. The number of nitrogens with zero attached hydrogens (tertiary/aromatic N) is 4. The molecule has 2 fully saturated rings. The number of aromatic nitrogens is 3. The van der Waals surface area contributed by atoms with Crippen molar-refractivity contribution in [2.24, 2.45) is 0 Å². The normalized spacial score (nSPS) is 24.7. The van der Waals surface area contributed by atoms with E-state index in [-0.39, 0.29) is 12.1 Å². The second-order valence-corrected chi connectivity index (χ2v) is 5.20. The van der Waals surface area contributed by atoms with E-state index in [1.165, 1.54) is 12.8 Å². The second kappa shape index (κ2) is 4.96. The van der Waals surface area contributed by atoms with E-state index in [0.29, 0.717) is 6.04 Å². The smallest absolute Gasteiger partial charge is 0.317 e. The standard InChI is InChI=1S/C12H19N5O/c18-12(14-10-3-1-2-4-10)16-7-5-11(9-16)17-8-6-13-15-17/h6,8,10-11H,1-5,7,9H2,(H,14,18). The zero-order valence-corrected chi connectivity index (χ0v) is 10.5. The van der Waals surface area contributed by atoms with Crippen LogP contribution in [0.4, 0.5) is 4.79 Å². The van der Waals surface area contributed by atoms with E-state index < -0.39 is 0 Å². The lowest BCUT2D eigenvalue weighted by molar-refractivity contribution is 0.202. The molecule has 1 saturated carbocycles. The van der Waals surface area contributed by atoms with Gasteiger partial charge in [0, 0.05) is 25.3 Å². The molecule has 1 atom stereocenters. The first kappa shape index (κ1) is 11.5. The Bertz CT molecular complexity index is 399. The van der Waals surface area contributed by atoms with E-state index in [9.17, 15) is 4.79 Å². The zero-order chi connectivity index (χ0) is 12.4. The van der Waals surface area contributed by atoms with Gasteiger partial charge in [0.25, 0.3) is 0 Å². The number of amides is 2. The minimum Gasteiger partial charge on any atom is -0.335 e. The summed E-state index contributed by atoms with van der Waals surface area (Å²) in [5, 5.41) is 10.9. The van der Waals surface area contributed by atoms with E-state index in [2.05, 4.69) is 15.6 Å². The lowest BCUT2D eigenvalue weighted by Gasteiger charge is -2.20. The maximum Gasteiger partial charge on any atom is 0.317 e. The molecule has 1 aliphatic carbocycles. The van der Waals surface area contributed by atoms with Gasteiger partial charge in [-0.3, -0.25) is 0 Å². The molecule has 0 spiro atoms. The lowest BCUT2D eigenvalue weighted by Crippen LogP contribution is -2.43. The van der Waals surface area contributed by atoms with Crippen molar-refractivity contribution >= 4 is 6.03 Å². The monoisotopic (exact) mass is 249 g/mol. The predicted molar refractivity (Wildman–Crippen MR) is 66.0 cm³/mol. The summed E-state index contributed by atoms with van der Waals surface area (Å²) < 4.78 is 1.85. The van der Waals surface area contributed by atoms with Crippen molar-refractivity contribution in [1.29, 1.82) is 0 Å². The molecule has 1 aromatic rings. The first-order valence-corrected chi connectivity index (χ1v) is 6.74. The van der Waals surface area contributed by atoms with E-state index in [1.54, 1.807) is 6.20 Å². The molecule has 18 heavy (non-hydrogen) atoms. The maximum absolute atomic E-state index is 12.1. The first-order chi connectivity index (χ1) is 8.83. The molecule has 6 nitrogen and oxygen atoms in total. The van der Waals surface area contributed by atoms with Crippen molar-refractivity contribution < 1.29 is 4.79 Å². The van der Waals surface area contributed by atoms with Gasteiger partial charge in [0.1, 0.15) is 0 Å². The van der Waals surface area contributed by atoms with Crippen molar-refractivity contribution in [3.05, 3.63) is 12.4 Å². The number of carbonyl (C=O) groups is 1. The van der Waals surface area contributed by atoms with Crippen LogP contribution in [0.1, 0.15) is 38.1 Å². The average molecular weight is 249 g/mol. The van der Waals surface area contributed by atoms with E-state index in [1.807, 2.05) is 15.8 Å². The molecule has 1 unspecified atom stereocenters. The summed E-state index contributed by atoms with van der Waals surface area (Å²) in [6.07, 6.45) is 9.25. The van der Waals surface area contributed by atoms with Gasteiger partial charge in [-0.15, -0.1) is 5.10 Å². The Morgan fingerprint density at radius 2 is 2.11 bits per heavy atom. The third kappa shape index (κ3) is 2.32. The van der Waals surface area contributed by atoms with Crippen LogP contribution in [0.15, 0.2) is 12.4 Å². The van der Waals surface area contributed by atoms with Crippen LogP contribution < -0.4 is 5.32 Å². The Morgan fingerprint density at radius 1 is 1.28 bits per heavy atom. The summed E-state index contributed by atoms with van der Waals surface area (Å²) >= 11 is 0. The molecule has 1 aliphatic heterocycles. The molecule has 1 saturated heterocycles. The summed E-state index contributed by atoms with van der Waals surface area (Å²) in [6.45, 7) is 1.55. The third-order valence-electron chi connectivity index (χ3n) is 3.95. The average Bonchev–Trinajstić information content (AvgIpc) is 3.11. The number of urea groups is 1. The number of hydrogen-bond acceptors (Lipinski definition) is 3. The quantitative estimate of drug-likeness (QED) is 0.856. The fourth-order valence-corrected chi connectivity index (χ4v) is 2.89. The van der Waals surface area contributed by atoms with Crippen LogP contribution in [0.2, 0.25) is 0 Å². The fourth-order valence-electron chi connectivity index (χ4n) is 2.89. The predicted octanol–water partition coefficient (Wildman–Crippen LogP) is 1.18. The second-order valence-electron chi connectivity index (χ2n) is 5.20. The molecular weight excluding hydrogens is 230 g/mol. The van der Waals surface area contributed by atoms with E-state index in [4.69, 9.17) is 0 Å². The highest BCUT2D eigenvalue weighted by Crippen LogP contribution is 2.22. The van der Waals surface area contributed by atoms with Gasteiger partial charge in [0.15, 0.2) is 0 Å². The Labute approximate surface area is 106 Å². The highest BCUT2D eigenvalue weighted by atomic mass is 16.2. The SMILES string of the molecule is O=C(NC1CCCC1)N1CCC(n2ccnn2)C1. The van der Waals surface area contributed by atoms with Gasteiger partial charge in [0.05, 0.1) is 12.2 Å². The number of rotatable bonds is 2. The number of likely N-dealkylation sites (tertiary alicyclic amines) is 1. The molecule has 0 radical (unpaired) electrons. The Morgan fingerprint density at radius 3 is 2.83 bits per heavy atom. The Balaban J connectivity index is 1.53. The van der Waals surface area contributed by atoms with Crippen molar-refractivity contribution in [3.8, 4) is 0 Å². The minimum absolute atomic E-state index is 0.0875. The van der Waals surface area contributed by atoms with Gasteiger partial charge in [-0.25, -0.2) is 9.48 Å². The van der Waals surface area contributed by atoms with Gasteiger partial charge in [0.2, 0.25) is 0 Å². The highest BCUT2D eigenvalue weighted by molar-refractivity contribution is 5.74. The summed E-state index contributed by atoms with van der Waals surface area (Å²) in [7, 11) is 0. The van der Waals surface area contributed by atoms with Crippen molar-refractivity contribution in [1.82, 2.24) is 25.2 Å². The van der Waals surface area contributed by atoms with Gasteiger partial charge in [-0.1, -0.05) is 18.1 Å². The number of nitrogens with one attached hydrogen (secondary N) is 1. The van der Waals surface area contributed by atoms with Crippen molar-refractivity contribution in [2.45, 2.75) is 44.2 Å². The van der Waals surface area contributed by atoms with Crippen LogP contribution in [0.5, 0.6) is 0 Å². The molecule has 2 aliphatic rings. The Hall–Kier alpha value is -1.59. The first-order valence-electron chi connectivity index (χ1n) is 6.74. The summed E-state index contributed by atoms with van der Waals surface area (Å²) in [5.41, 5.74) is 0. The summed E-state index contributed by atoms with van der Waals surface area (Å²) in [6, 6.07) is 0.759. The molecule has 2 heterocycles. The molecule has 1 aromatic heterocycles. The largest absolute Gasteiger partial charge is 0.335 e. The topological polar surface area (TPSA) is 63.1 Å². The fraction of sp³-hybridized carbons (Fsp3) is 0.750. The van der Waals surface area contributed by atoms with Gasteiger partial charge in [-0.05, 0) is 19.3 Å². The third-order valence-corrected chi connectivity index (χ3v) is 3.95. The van der Waals surface area contributed by atoms with Crippen molar-refractivity contribution in [3.63, 3.8) is 0 Å². The zero-order valence-electron chi connectivity index (χ0n) is 10.5. The van der Waals surface area contributed by atoms with Crippen molar-refractivity contribution in [2.75, 3.05) is 13.1 Å². The molecule has 98 valence electrons. The van der Waals surface area contributed by atoms with Gasteiger partial charge in [-0.2, -0.15) is 0 Å².